The standard InChI is InChI=1S/C15H13BrF3NO/c16-14-6-5-12(21)7-11(14)9-20-8-10-3-1-2-4-13(10)15(17,18)19/h1-7,20-21H,8-9H2. The Morgan fingerprint density at radius 1 is 1.00 bits per heavy atom. The van der Waals surface area contributed by atoms with Crippen molar-refractivity contribution in [3.05, 3.63) is 63.6 Å². The molecule has 0 fully saturated rings. The highest BCUT2D eigenvalue weighted by Crippen LogP contribution is 2.31. The summed E-state index contributed by atoms with van der Waals surface area (Å²) >= 11 is 3.33. The Hall–Kier alpha value is -1.53. The van der Waals surface area contributed by atoms with E-state index in [2.05, 4.69) is 21.2 Å². The van der Waals surface area contributed by atoms with Crippen LogP contribution in [-0.4, -0.2) is 5.11 Å². The van der Waals surface area contributed by atoms with Gasteiger partial charge in [0.1, 0.15) is 5.75 Å². The maximum atomic E-state index is 12.8. The van der Waals surface area contributed by atoms with E-state index in [1.807, 2.05) is 0 Å². The minimum atomic E-state index is -4.36. The molecule has 21 heavy (non-hydrogen) atoms. The van der Waals surface area contributed by atoms with Gasteiger partial charge in [0.05, 0.1) is 5.56 Å². The topological polar surface area (TPSA) is 32.3 Å². The van der Waals surface area contributed by atoms with Gasteiger partial charge in [0.25, 0.3) is 0 Å². The minimum absolute atomic E-state index is 0.0950. The maximum absolute atomic E-state index is 12.8. The molecule has 0 spiro atoms. The summed E-state index contributed by atoms with van der Waals surface area (Å²) in [4.78, 5) is 0. The molecule has 0 bridgehead atoms. The van der Waals surface area contributed by atoms with Crippen LogP contribution in [0.1, 0.15) is 16.7 Å². The predicted molar refractivity (Wildman–Crippen MR) is 77.8 cm³/mol. The summed E-state index contributed by atoms with van der Waals surface area (Å²) in [5, 5.41) is 12.4. The van der Waals surface area contributed by atoms with Crippen molar-refractivity contribution in [3.8, 4) is 5.75 Å². The quantitative estimate of drug-likeness (QED) is 0.844. The van der Waals surface area contributed by atoms with E-state index in [1.165, 1.54) is 18.2 Å². The number of phenolic OH excluding ortho intramolecular Hbond substituents is 1. The van der Waals surface area contributed by atoms with E-state index in [-0.39, 0.29) is 17.9 Å². The van der Waals surface area contributed by atoms with Crippen molar-refractivity contribution in [1.82, 2.24) is 5.32 Å². The number of phenols is 1. The third kappa shape index (κ3) is 4.22. The molecule has 0 aliphatic carbocycles. The lowest BCUT2D eigenvalue weighted by Gasteiger charge is -2.13. The van der Waals surface area contributed by atoms with Crippen molar-refractivity contribution in [2.24, 2.45) is 0 Å². The number of hydrogen-bond donors (Lipinski definition) is 2. The van der Waals surface area contributed by atoms with Gasteiger partial charge in [0.15, 0.2) is 0 Å². The van der Waals surface area contributed by atoms with Crippen molar-refractivity contribution >= 4 is 15.9 Å². The summed E-state index contributed by atoms with van der Waals surface area (Å²) in [6.45, 7) is 0.443. The van der Waals surface area contributed by atoms with E-state index in [4.69, 9.17) is 0 Å². The van der Waals surface area contributed by atoms with Crippen molar-refractivity contribution in [2.45, 2.75) is 19.3 Å². The molecular formula is C15H13BrF3NO. The van der Waals surface area contributed by atoms with Crippen LogP contribution in [0.3, 0.4) is 0 Å². The highest BCUT2D eigenvalue weighted by atomic mass is 79.9. The second-order valence-corrected chi connectivity index (χ2v) is 5.39. The number of rotatable bonds is 4. The molecule has 2 aromatic rings. The van der Waals surface area contributed by atoms with Crippen LogP contribution in [0, 0.1) is 0 Å². The molecule has 2 rings (SSSR count). The molecule has 0 radical (unpaired) electrons. The number of halogens is 4. The van der Waals surface area contributed by atoms with Crippen molar-refractivity contribution in [1.29, 1.82) is 0 Å². The number of hydrogen-bond acceptors (Lipinski definition) is 2. The molecule has 0 aliphatic heterocycles. The molecule has 0 aromatic heterocycles. The second-order valence-electron chi connectivity index (χ2n) is 4.53. The van der Waals surface area contributed by atoms with Gasteiger partial charge in [-0.3, -0.25) is 0 Å². The van der Waals surface area contributed by atoms with E-state index in [0.717, 1.165) is 16.1 Å². The van der Waals surface area contributed by atoms with Crippen LogP contribution in [0.15, 0.2) is 46.9 Å². The fourth-order valence-corrected chi connectivity index (χ4v) is 2.37. The lowest BCUT2D eigenvalue weighted by atomic mass is 10.1. The van der Waals surface area contributed by atoms with Crippen molar-refractivity contribution in [3.63, 3.8) is 0 Å². The monoisotopic (exact) mass is 359 g/mol. The Labute approximate surface area is 128 Å². The molecule has 0 saturated heterocycles. The Balaban J connectivity index is 2.06. The molecule has 2 N–H and O–H groups in total. The maximum Gasteiger partial charge on any atom is 0.416 e. The molecule has 0 unspecified atom stereocenters. The Morgan fingerprint density at radius 2 is 1.67 bits per heavy atom. The zero-order valence-electron chi connectivity index (χ0n) is 10.9. The fraction of sp³-hybridized carbons (Fsp3) is 0.200. The van der Waals surface area contributed by atoms with Gasteiger partial charge in [-0.15, -0.1) is 0 Å². The number of benzene rings is 2. The van der Waals surface area contributed by atoms with Gasteiger partial charge in [0.2, 0.25) is 0 Å². The minimum Gasteiger partial charge on any atom is -0.508 e. The van der Waals surface area contributed by atoms with Gasteiger partial charge in [-0.2, -0.15) is 13.2 Å². The van der Waals surface area contributed by atoms with Crippen LogP contribution >= 0.6 is 15.9 Å². The second kappa shape index (κ2) is 6.49. The summed E-state index contributed by atoms with van der Waals surface area (Å²) in [5.41, 5.74) is 0.341. The molecule has 0 saturated carbocycles. The highest BCUT2D eigenvalue weighted by Gasteiger charge is 2.32. The fourth-order valence-electron chi connectivity index (χ4n) is 1.98. The third-order valence-electron chi connectivity index (χ3n) is 2.98. The van der Waals surface area contributed by atoms with Gasteiger partial charge in [-0.25, -0.2) is 0 Å². The van der Waals surface area contributed by atoms with Crippen LogP contribution in [0.25, 0.3) is 0 Å². The smallest absolute Gasteiger partial charge is 0.416 e. The Kier molecular flexibility index (Phi) is 4.90. The van der Waals surface area contributed by atoms with Crippen LogP contribution in [0.5, 0.6) is 5.75 Å². The highest BCUT2D eigenvalue weighted by molar-refractivity contribution is 9.10. The molecule has 0 heterocycles. The number of aromatic hydroxyl groups is 1. The van der Waals surface area contributed by atoms with E-state index in [1.54, 1.807) is 18.2 Å². The molecule has 112 valence electrons. The molecule has 0 atom stereocenters. The predicted octanol–water partition coefficient (Wildman–Crippen LogP) is 4.46. The van der Waals surface area contributed by atoms with Gasteiger partial charge in [0, 0.05) is 17.6 Å². The first-order valence-electron chi connectivity index (χ1n) is 6.21. The average Bonchev–Trinajstić information content (AvgIpc) is 2.42. The van der Waals surface area contributed by atoms with Crippen LogP contribution in [-0.2, 0) is 19.3 Å². The van der Waals surface area contributed by atoms with E-state index in [9.17, 15) is 18.3 Å². The van der Waals surface area contributed by atoms with Crippen LogP contribution in [0.4, 0.5) is 13.2 Å². The summed E-state index contributed by atoms with van der Waals surface area (Å²) in [5.74, 6) is 0.116. The molecular weight excluding hydrogens is 347 g/mol. The van der Waals surface area contributed by atoms with Crippen molar-refractivity contribution in [2.75, 3.05) is 0 Å². The first kappa shape index (κ1) is 15.9. The normalized spacial score (nSPS) is 11.6. The third-order valence-corrected chi connectivity index (χ3v) is 3.76. The van der Waals surface area contributed by atoms with Crippen LogP contribution in [0.2, 0.25) is 0 Å². The van der Waals surface area contributed by atoms with Gasteiger partial charge >= 0.3 is 6.18 Å². The van der Waals surface area contributed by atoms with Crippen molar-refractivity contribution < 1.29 is 18.3 Å². The zero-order chi connectivity index (χ0) is 15.5. The number of alkyl halides is 3. The average molecular weight is 360 g/mol. The van der Waals surface area contributed by atoms with Crippen LogP contribution < -0.4 is 5.32 Å². The lowest BCUT2D eigenvalue weighted by molar-refractivity contribution is -0.138. The van der Waals surface area contributed by atoms with E-state index < -0.39 is 11.7 Å². The summed E-state index contributed by atoms with van der Waals surface area (Å²) in [6.07, 6.45) is -4.36. The van der Waals surface area contributed by atoms with Gasteiger partial charge < -0.3 is 10.4 Å². The number of nitrogens with one attached hydrogen (secondary N) is 1. The van der Waals surface area contributed by atoms with Gasteiger partial charge in [-0.05, 0) is 35.4 Å². The zero-order valence-corrected chi connectivity index (χ0v) is 12.5. The molecule has 2 nitrogen and oxygen atoms in total. The summed E-state index contributed by atoms with van der Waals surface area (Å²) < 4.78 is 39.3. The first-order chi connectivity index (χ1) is 9.88. The van der Waals surface area contributed by atoms with E-state index >= 15 is 0 Å². The molecule has 2 aromatic carbocycles. The Morgan fingerprint density at radius 3 is 2.38 bits per heavy atom. The largest absolute Gasteiger partial charge is 0.508 e. The summed E-state index contributed by atoms with van der Waals surface area (Å²) in [7, 11) is 0. The Bertz CT molecular complexity index is 629. The molecule has 0 aliphatic rings. The van der Waals surface area contributed by atoms with E-state index in [0.29, 0.717) is 6.54 Å². The molecule has 0 amide bonds. The SMILES string of the molecule is Oc1ccc(Br)c(CNCc2ccccc2C(F)(F)F)c1. The summed E-state index contributed by atoms with van der Waals surface area (Å²) in [6, 6.07) is 10.3. The first-order valence-corrected chi connectivity index (χ1v) is 7.00. The lowest BCUT2D eigenvalue weighted by Crippen LogP contribution is -2.17. The van der Waals surface area contributed by atoms with Gasteiger partial charge in [-0.1, -0.05) is 34.1 Å². The molecule has 6 heteroatoms.